The second-order valence-electron chi connectivity index (χ2n) is 12.1. The van der Waals surface area contributed by atoms with E-state index in [-0.39, 0.29) is 19.4 Å². The number of rotatable bonds is 33. The lowest BCUT2D eigenvalue weighted by atomic mass is 10.1. The molecule has 2 N–H and O–H groups in total. The fraction of sp³-hybridized carbons (Fsp3) is 0.610. The van der Waals surface area contributed by atoms with Gasteiger partial charge in [-0.1, -0.05) is 131 Å². The first-order chi connectivity index (χ1) is 24.3. The summed E-state index contributed by atoms with van der Waals surface area (Å²) in [5.41, 5.74) is 0. The van der Waals surface area contributed by atoms with Gasteiger partial charge in [-0.2, -0.15) is 0 Å². The number of carbonyl (C=O) groups is 2. The maximum atomic E-state index is 12.3. The Hall–Kier alpha value is -2.77. The van der Waals surface area contributed by atoms with Crippen LogP contribution in [0.2, 0.25) is 0 Å². The van der Waals surface area contributed by atoms with E-state index >= 15 is 0 Å². The highest BCUT2D eigenvalue weighted by Gasteiger charge is 2.22. The Morgan fingerprint density at radius 3 is 1.38 bits per heavy atom. The Kier molecular flexibility index (Phi) is 34.0. The largest absolute Gasteiger partial charge is 0.469 e. The van der Waals surface area contributed by atoms with Crippen molar-refractivity contribution < 1.29 is 37.9 Å². The van der Waals surface area contributed by atoms with Gasteiger partial charge >= 0.3 is 19.8 Å². The molecule has 0 spiro atoms. The van der Waals surface area contributed by atoms with Gasteiger partial charge in [0.05, 0.1) is 6.61 Å². The van der Waals surface area contributed by atoms with E-state index in [0.717, 1.165) is 83.5 Å². The number of phosphoric acid groups is 1. The lowest BCUT2D eigenvalue weighted by molar-refractivity contribution is -0.161. The fourth-order valence-corrected chi connectivity index (χ4v) is 5.03. The molecule has 0 aliphatic carbocycles. The van der Waals surface area contributed by atoms with Crippen molar-refractivity contribution in [1.82, 2.24) is 0 Å². The highest BCUT2D eigenvalue weighted by Crippen LogP contribution is 2.35. The fourth-order valence-electron chi connectivity index (χ4n) is 4.67. The van der Waals surface area contributed by atoms with Crippen LogP contribution >= 0.6 is 7.82 Å². The van der Waals surface area contributed by atoms with Crippen LogP contribution in [0.15, 0.2) is 85.1 Å². The number of phosphoric ester groups is 1. The number of unbranched alkanes of at least 4 members (excludes halogenated alkanes) is 9. The number of hydrogen-bond acceptors (Lipinski definition) is 6. The molecular weight excluding hydrogens is 651 g/mol. The average Bonchev–Trinajstić information content (AvgIpc) is 3.08. The van der Waals surface area contributed by atoms with Crippen LogP contribution in [0.1, 0.15) is 142 Å². The molecule has 0 aromatic rings. The summed E-state index contributed by atoms with van der Waals surface area (Å²) in [4.78, 5) is 42.7. The Morgan fingerprint density at radius 1 is 0.520 bits per heavy atom. The van der Waals surface area contributed by atoms with Crippen molar-refractivity contribution >= 4 is 19.8 Å². The maximum absolute atomic E-state index is 12.3. The van der Waals surface area contributed by atoms with Crippen molar-refractivity contribution in [3.63, 3.8) is 0 Å². The number of hydrogen-bond donors (Lipinski definition) is 2. The quantitative estimate of drug-likeness (QED) is 0.0298. The molecule has 50 heavy (non-hydrogen) atoms. The zero-order chi connectivity index (χ0) is 36.8. The molecule has 0 saturated heterocycles. The molecule has 0 aliphatic heterocycles. The summed E-state index contributed by atoms with van der Waals surface area (Å²) in [5, 5.41) is 0. The van der Waals surface area contributed by atoms with E-state index in [9.17, 15) is 14.2 Å². The molecule has 0 heterocycles. The van der Waals surface area contributed by atoms with Gasteiger partial charge in [-0.3, -0.25) is 14.1 Å². The molecule has 0 radical (unpaired) electrons. The van der Waals surface area contributed by atoms with Gasteiger partial charge in [0.2, 0.25) is 0 Å². The molecular formula is C41H67O8P. The third kappa shape index (κ3) is 38.0. The smallest absolute Gasteiger partial charge is 0.462 e. The van der Waals surface area contributed by atoms with E-state index in [4.69, 9.17) is 19.3 Å². The van der Waals surface area contributed by atoms with Crippen LogP contribution in [0.4, 0.5) is 0 Å². The average molecular weight is 719 g/mol. The number of esters is 2. The van der Waals surface area contributed by atoms with Gasteiger partial charge in [-0.05, 0) is 83.5 Å². The van der Waals surface area contributed by atoms with E-state index in [1.54, 1.807) is 0 Å². The van der Waals surface area contributed by atoms with Gasteiger partial charge in [0.1, 0.15) is 6.61 Å². The summed E-state index contributed by atoms with van der Waals surface area (Å²) in [5.74, 6) is -0.955. The summed E-state index contributed by atoms with van der Waals surface area (Å²) in [6, 6.07) is 0. The van der Waals surface area contributed by atoms with Gasteiger partial charge in [0.25, 0.3) is 0 Å². The molecule has 284 valence electrons. The molecule has 0 bridgehead atoms. The highest BCUT2D eigenvalue weighted by atomic mass is 31.2. The van der Waals surface area contributed by atoms with Crippen molar-refractivity contribution in [2.45, 2.75) is 148 Å². The van der Waals surface area contributed by atoms with Crippen LogP contribution in [0, 0.1) is 0 Å². The third-order valence-corrected chi connectivity index (χ3v) is 7.89. The van der Waals surface area contributed by atoms with Crippen LogP contribution in [-0.4, -0.2) is 41.0 Å². The molecule has 1 atom stereocenters. The Bertz CT molecular complexity index is 1080. The van der Waals surface area contributed by atoms with E-state index in [0.29, 0.717) is 12.8 Å². The van der Waals surface area contributed by atoms with E-state index < -0.39 is 32.5 Å². The Balaban J connectivity index is 4.07. The first-order valence-electron chi connectivity index (χ1n) is 18.9. The molecule has 0 fully saturated rings. The maximum Gasteiger partial charge on any atom is 0.469 e. The minimum atomic E-state index is -4.77. The van der Waals surface area contributed by atoms with Gasteiger partial charge in [0, 0.05) is 12.8 Å². The van der Waals surface area contributed by atoms with Crippen molar-refractivity contribution in [3.8, 4) is 0 Å². The zero-order valence-electron chi connectivity index (χ0n) is 31.0. The molecule has 1 unspecified atom stereocenters. The third-order valence-electron chi connectivity index (χ3n) is 7.41. The monoisotopic (exact) mass is 718 g/mol. The molecule has 0 aliphatic rings. The van der Waals surface area contributed by atoms with Crippen LogP contribution in [-0.2, 0) is 28.2 Å². The van der Waals surface area contributed by atoms with E-state index in [1.807, 2.05) is 0 Å². The second kappa shape index (κ2) is 36.0. The van der Waals surface area contributed by atoms with E-state index in [2.05, 4.69) is 103 Å². The van der Waals surface area contributed by atoms with Crippen LogP contribution in [0.5, 0.6) is 0 Å². The summed E-state index contributed by atoms with van der Waals surface area (Å²) >= 11 is 0. The lowest BCUT2D eigenvalue weighted by Crippen LogP contribution is -2.29. The standard InChI is InChI=1S/C41H67O8P/c1-3-5-7-9-11-13-15-17-19-20-22-23-25-27-29-31-33-35-40(42)47-37-39(38-48-50(44,45)46)49-41(43)36-34-32-30-28-26-24-21-18-16-14-12-10-8-6-4-2/h5-8,11-14,17-19,21,26,28,39H,3-4,9-10,15-16,20,22-25,27,29-38H2,1-2H3,(H2,44,45,46)/b7-5-,8-6-,13-11-,14-12-,19-17-,21-18-,28-26-. The van der Waals surface area contributed by atoms with Crippen molar-refractivity contribution in [3.05, 3.63) is 85.1 Å². The van der Waals surface area contributed by atoms with Crippen molar-refractivity contribution in [1.29, 1.82) is 0 Å². The van der Waals surface area contributed by atoms with Crippen molar-refractivity contribution in [2.75, 3.05) is 13.2 Å². The second-order valence-corrected chi connectivity index (χ2v) is 13.4. The van der Waals surface area contributed by atoms with Crippen molar-refractivity contribution in [2.24, 2.45) is 0 Å². The zero-order valence-corrected chi connectivity index (χ0v) is 31.9. The molecule has 0 amide bonds. The lowest BCUT2D eigenvalue weighted by Gasteiger charge is -2.18. The summed E-state index contributed by atoms with van der Waals surface area (Å²) in [6.07, 6.45) is 47.3. The van der Waals surface area contributed by atoms with Gasteiger partial charge in [0.15, 0.2) is 6.10 Å². The normalized spacial score (nSPS) is 13.4. The molecule has 0 rings (SSSR count). The summed E-state index contributed by atoms with van der Waals surface area (Å²) in [7, 11) is -4.77. The molecule has 0 aromatic heterocycles. The highest BCUT2D eigenvalue weighted by molar-refractivity contribution is 7.46. The first-order valence-corrected chi connectivity index (χ1v) is 20.4. The van der Waals surface area contributed by atoms with Crippen LogP contribution < -0.4 is 0 Å². The van der Waals surface area contributed by atoms with Gasteiger partial charge < -0.3 is 19.3 Å². The van der Waals surface area contributed by atoms with Crippen LogP contribution in [0.3, 0.4) is 0 Å². The predicted molar refractivity (Wildman–Crippen MR) is 207 cm³/mol. The van der Waals surface area contributed by atoms with E-state index in [1.165, 1.54) is 19.3 Å². The predicted octanol–water partition coefficient (Wildman–Crippen LogP) is 11.3. The topological polar surface area (TPSA) is 119 Å². The summed E-state index contributed by atoms with van der Waals surface area (Å²) < 4.78 is 26.3. The summed E-state index contributed by atoms with van der Waals surface area (Å²) in [6.45, 7) is 3.39. The van der Waals surface area contributed by atoms with Gasteiger partial charge in [-0.25, -0.2) is 4.57 Å². The Labute approximate surface area is 303 Å². The molecule has 9 heteroatoms. The Morgan fingerprint density at radius 2 is 0.900 bits per heavy atom. The first kappa shape index (κ1) is 47.2. The minimum absolute atomic E-state index is 0.152. The SMILES string of the molecule is CC/C=C\C/C=C\C/C=C\C/C=C\CCCCC(=O)OC(COC(=O)CCCCCCCCC/C=C\C/C=C\C/C=C\CC)COP(=O)(O)O. The number of carbonyl (C=O) groups excluding carboxylic acids is 2. The minimum Gasteiger partial charge on any atom is -0.462 e. The van der Waals surface area contributed by atoms with Crippen LogP contribution in [0.25, 0.3) is 0 Å². The molecule has 0 aromatic carbocycles. The molecule has 8 nitrogen and oxygen atoms in total. The number of allylic oxidation sites excluding steroid dienone is 14. The number of ether oxygens (including phenoxy) is 2. The van der Waals surface area contributed by atoms with Gasteiger partial charge in [-0.15, -0.1) is 0 Å². The molecule has 0 saturated carbocycles.